The second-order valence-electron chi connectivity index (χ2n) is 8.59. The second-order valence-corrected chi connectivity index (χ2v) is 8.59. The number of fused-ring (bicyclic) bond motifs is 1. The number of aryl methyl sites for hydroxylation is 1. The zero-order valence-corrected chi connectivity index (χ0v) is 18.3. The zero-order valence-electron chi connectivity index (χ0n) is 18.3. The van der Waals surface area contributed by atoms with Crippen LogP contribution in [0.4, 0.5) is 4.39 Å². The van der Waals surface area contributed by atoms with Gasteiger partial charge in [0.1, 0.15) is 11.6 Å². The van der Waals surface area contributed by atoms with Crippen molar-refractivity contribution in [3.63, 3.8) is 0 Å². The van der Waals surface area contributed by atoms with Crippen molar-refractivity contribution in [1.29, 1.82) is 0 Å². The molecule has 2 fully saturated rings. The van der Waals surface area contributed by atoms with Crippen molar-refractivity contribution in [1.82, 2.24) is 14.5 Å². The Labute approximate surface area is 187 Å². The highest BCUT2D eigenvalue weighted by atomic mass is 19.1. The minimum absolute atomic E-state index is 0.00847. The molecule has 2 atom stereocenters. The summed E-state index contributed by atoms with van der Waals surface area (Å²) in [6.07, 6.45) is 9.41. The van der Waals surface area contributed by atoms with Crippen LogP contribution in [0, 0.1) is 12.7 Å². The molecule has 0 N–H and O–H groups in total. The van der Waals surface area contributed by atoms with E-state index in [9.17, 15) is 9.18 Å². The minimum atomic E-state index is -0.252. The van der Waals surface area contributed by atoms with Gasteiger partial charge in [0.2, 0.25) is 0 Å². The largest absolute Gasteiger partial charge is 0.495 e. The van der Waals surface area contributed by atoms with E-state index in [0.29, 0.717) is 0 Å². The summed E-state index contributed by atoms with van der Waals surface area (Å²) in [5.74, 6) is 0.555. The number of carbonyl (C=O) groups excluding carboxylic acids is 1. The number of aromatic nitrogens is 2. The van der Waals surface area contributed by atoms with Crippen molar-refractivity contribution in [2.24, 2.45) is 0 Å². The fraction of sp³-hybridized carbons (Fsp3) is 0.308. The van der Waals surface area contributed by atoms with E-state index in [1.165, 1.54) is 12.1 Å². The van der Waals surface area contributed by atoms with E-state index in [4.69, 9.17) is 4.74 Å². The van der Waals surface area contributed by atoms with Gasteiger partial charge in [0.25, 0.3) is 5.91 Å². The Balaban J connectivity index is 1.43. The molecule has 0 spiro atoms. The van der Waals surface area contributed by atoms with Gasteiger partial charge in [-0.2, -0.15) is 0 Å². The predicted octanol–water partition coefficient (Wildman–Crippen LogP) is 5.24. The molecule has 32 heavy (non-hydrogen) atoms. The molecule has 0 saturated carbocycles. The first-order valence-electron chi connectivity index (χ1n) is 11.0. The first-order valence-corrected chi connectivity index (χ1v) is 11.0. The molecule has 3 heterocycles. The van der Waals surface area contributed by atoms with Gasteiger partial charge in [-0.3, -0.25) is 4.79 Å². The maximum absolute atomic E-state index is 13.4. The summed E-state index contributed by atoms with van der Waals surface area (Å²) in [6, 6.07) is 12.7. The Morgan fingerprint density at radius 3 is 2.69 bits per heavy atom. The molecule has 0 bridgehead atoms. The first kappa shape index (κ1) is 20.5. The number of amides is 1. The summed E-state index contributed by atoms with van der Waals surface area (Å²) < 4.78 is 20.9. The number of rotatable bonds is 4. The van der Waals surface area contributed by atoms with Crippen LogP contribution in [0.25, 0.3) is 11.8 Å². The van der Waals surface area contributed by atoms with E-state index in [-0.39, 0.29) is 23.8 Å². The van der Waals surface area contributed by atoms with Crippen molar-refractivity contribution in [3.8, 4) is 11.4 Å². The smallest absolute Gasteiger partial charge is 0.250 e. The van der Waals surface area contributed by atoms with E-state index in [2.05, 4.69) is 4.98 Å². The van der Waals surface area contributed by atoms with Crippen molar-refractivity contribution < 1.29 is 13.9 Å². The quantitative estimate of drug-likeness (QED) is 0.531. The van der Waals surface area contributed by atoms with E-state index in [1.54, 1.807) is 25.6 Å². The summed E-state index contributed by atoms with van der Waals surface area (Å²) in [4.78, 5) is 19.7. The maximum atomic E-state index is 13.4. The molecule has 2 saturated heterocycles. The molecule has 2 aromatic carbocycles. The Bertz CT molecular complexity index is 1180. The third-order valence-corrected chi connectivity index (χ3v) is 6.50. The molecule has 2 aliphatic heterocycles. The third kappa shape index (κ3) is 3.70. The standard InChI is InChI=1S/C26H26FN3O2/c1-17-15-29(16-28-17)24-11-6-18(13-25(24)32-2)12-20-14-22-4-3-5-23(30(22)26(20)31)19-7-9-21(27)10-8-19/h6-13,15-16,22-23H,3-5,14H2,1-2H3/b20-12+/t22-,23+/m0/s1. The van der Waals surface area contributed by atoms with E-state index in [0.717, 1.165) is 59.5 Å². The number of piperidine rings is 1. The van der Waals surface area contributed by atoms with Crippen LogP contribution in [0.5, 0.6) is 5.75 Å². The van der Waals surface area contributed by atoms with Crippen LogP contribution in [-0.4, -0.2) is 33.5 Å². The number of nitrogens with zero attached hydrogens (tertiary/aromatic N) is 3. The van der Waals surface area contributed by atoms with Crippen LogP contribution < -0.4 is 4.74 Å². The number of ether oxygens (including phenoxy) is 1. The Hall–Kier alpha value is -3.41. The molecule has 5 rings (SSSR count). The average Bonchev–Trinajstić information content (AvgIpc) is 3.37. The van der Waals surface area contributed by atoms with E-state index in [1.807, 2.05) is 46.9 Å². The number of methoxy groups -OCH3 is 1. The Kier molecular flexibility index (Phi) is 5.29. The van der Waals surface area contributed by atoms with Crippen LogP contribution in [0.1, 0.15) is 48.5 Å². The van der Waals surface area contributed by atoms with Crippen LogP contribution in [0.2, 0.25) is 0 Å². The Morgan fingerprint density at radius 1 is 1.16 bits per heavy atom. The molecule has 0 unspecified atom stereocenters. The van der Waals surface area contributed by atoms with Crippen LogP contribution in [0.3, 0.4) is 0 Å². The van der Waals surface area contributed by atoms with Crippen molar-refractivity contribution in [2.75, 3.05) is 7.11 Å². The highest BCUT2D eigenvalue weighted by Gasteiger charge is 2.42. The molecular formula is C26H26FN3O2. The predicted molar refractivity (Wildman–Crippen MR) is 121 cm³/mol. The molecule has 164 valence electrons. The number of halogens is 1. The van der Waals surface area contributed by atoms with Gasteiger partial charge in [0, 0.05) is 17.8 Å². The normalized spacial score (nSPS) is 21.8. The zero-order chi connectivity index (χ0) is 22.2. The number of imidazole rings is 1. The SMILES string of the molecule is COc1cc(/C=C2\C[C@@H]3CCC[C@H](c4ccc(F)cc4)N3C2=O)ccc1-n1cnc(C)c1. The Morgan fingerprint density at radius 2 is 1.97 bits per heavy atom. The highest BCUT2D eigenvalue weighted by Crippen LogP contribution is 2.42. The summed E-state index contributed by atoms with van der Waals surface area (Å²) in [5.41, 5.74) is 4.59. The summed E-state index contributed by atoms with van der Waals surface area (Å²) in [7, 11) is 1.65. The molecule has 5 nitrogen and oxygen atoms in total. The van der Waals surface area contributed by atoms with Crippen molar-refractivity contribution >= 4 is 12.0 Å². The molecule has 0 radical (unpaired) electrons. The molecule has 1 amide bonds. The minimum Gasteiger partial charge on any atom is -0.495 e. The third-order valence-electron chi connectivity index (χ3n) is 6.50. The fourth-order valence-electron chi connectivity index (χ4n) is 4.98. The topological polar surface area (TPSA) is 47.4 Å². The van der Waals surface area contributed by atoms with Crippen LogP contribution in [0.15, 0.2) is 60.6 Å². The van der Waals surface area contributed by atoms with Gasteiger partial charge in [-0.15, -0.1) is 0 Å². The van der Waals surface area contributed by atoms with Crippen LogP contribution in [-0.2, 0) is 4.79 Å². The number of hydrogen-bond acceptors (Lipinski definition) is 3. The molecule has 1 aromatic heterocycles. The lowest BCUT2D eigenvalue weighted by atomic mass is 9.91. The molecule has 2 aliphatic rings. The summed E-state index contributed by atoms with van der Waals surface area (Å²) in [6.45, 7) is 1.95. The number of benzene rings is 2. The molecule has 6 heteroatoms. The van der Waals surface area contributed by atoms with Crippen molar-refractivity contribution in [3.05, 3.63) is 83.2 Å². The second kappa shape index (κ2) is 8.26. The highest BCUT2D eigenvalue weighted by molar-refractivity contribution is 6.00. The van der Waals surface area contributed by atoms with Crippen LogP contribution >= 0.6 is 0 Å². The van der Waals surface area contributed by atoms with Crippen molar-refractivity contribution in [2.45, 2.75) is 44.7 Å². The van der Waals surface area contributed by atoms with Gasteiger partial charge >= 0.3 is 0 Å². The number of hydrogen-bond donors (Lipinski definition) is 0. The van der Waals surface area contributed by atoms with Gasteiger partial charge in [0.05, 0.1) is 30.9 Å². The van der Waals surface area contributed by atoms with Gasteiger partial charge in [-0.05, 0) is 74.1 Å². The monoisotopic (exact) mass is 431 g/mol. The lowest BCUT2D eigenvalue weighted by molar-refractivity contribution is -0.130. The first-order chi connectivity index (χ1) is 15.5. The lowest BCUT2D eigenvalue weighted by Crippen LogP contribution is -2.39. The fourth-order valence-corrected chi connectivity index (χ4v) is 4.98. The van der Waals surface area contributed by atoms with Gasteiger partial charge in [-0.25, -0.2) is 9.37 Å². The molecular weight excluding hydrogens is 405 g/mol. The summed E-state index contributed by atoms with van der Waals surface area (Å²) >= 11 is 0. The van der Waals surface area contributed by atoms with E-state index < -0.39 is 0 Å². The van der Waals surface area contributed by atoms with Gasteiger partial charge < -0.3 is 14.2 Å². The molecule has 3 aromatic rings. The van der Waals surface area contributed by atoms with Gasteiger partial charge in [0.15, 0.2) is 0 Å². The average molecular weight is 432 g/mol. The maximum Gasteiger partial charge on any atom is 0.250 e. The van der Waals surface area contributed by atoms with E-state index >= 15 is 0 Å². The number of carbonyl (C=O) groups is 1. The molecule has 0 aliphatic carbocycles. The summed E-state index contributed by atoms with van der Waals surface area (Å²) in [5, 5.41) is 0. The lowest BCUT2D eigenvalue weighted by Gasteiger charge is -2.37. The van der Waals surface area contributed by atoms with Gasteiger partial charge in [-0.1, -0.05) is 18.2 Å².